The van der Waals surface area contributed by atoms with Crippen LogP contribution in [0.2, 0.25) is 0 Å². The number of rotatable bonds is 3. The van der Waals surface area contributed by atoms with Crippen molar-refractivity contribution in [2.75, 3.05) is 0 Å². The van der Waals surface area contributed by atoms with E-state index in [1.54, 1.807) is 6.07 Å². The molecule has 5 heteroatoms. The first-order chi connectivity index (χ1) is 8.20. The highest BCUT2D eigenvalue weighted by atomic mass is 19.1. The van der Waals surface area contributed by atoms with Gasteiger partial charge in [-0.2, -0.15) is 0 Å². The average molecular weight is 235 g/mol. The maximum absolute atomic E-state index is 13.3. The van der Waals surface area contributed by atoms with E-state index in [0.717, 1.165) is 12.1 Å². The molecule has 2 rings (SSSR count). The minimum Gasteiger partial charge on any atom is -0.435 e. The molecule has 0 amide bonds. The zero-order valence-corrected chi connectivity index (χ0v) is 8.56. The second kappa shape index (κ2) is 4.69. The van der Waals surface area contributed by atoms with Gasteiger partial charge in [0.25, 0.3) is 0 Å². The van der Waals surface area contributed by atoms with Gasteiger partial charge in [-0.1, -0.05) is 0 Å². The Labute approximate surface area is 95.7 Å². The van der Waals surface area contributed by atoms with E-state index in [2.05, 4.69) is 4.98 Å². The maximum Gasteiger partial charge on any atom is 0.229 e. The number of carbonyl (C=O) groups excluding carboxylic acids is 1. The first kappa shape index (κ1) is 11.2. The van der Waals surface area contributed by atoms with Crippen molar-refractivity contribution in [3.05, 3.63) is 53.7 Å². The van der Waals surface area contributed by atoms with Gasteiger partial charge < -0.3 is 4.74 Å². The Morgan fingerprint density at radius 1 is 1.24 bits per heavy atom. The summed E-state index contributed by atoms with van der Waals surface area (Å²) >= 11 is 0. The van der Waals surface area contributed by atoms with E-state index in [4.69, 9.17) is 4.74 Å². The van der Waals surface area contributed by atoms with Crippen LogP contribution >= 0.6 is 0 Å². The van der Waals surface area contributed by atoms with Crippen molar-refractivity contribution in [1.29, 1.82) is 0 Å². The second-order valence-corrected chi connectivity index (χ2v) is 3.19. The third-order valence-corrected chi connectivity index (χ3v) is 2.03. The van der Waals surface area contributed by atoms with Crippen LogP contribution in [0.5, 0.6) is 11.6 Å². The van der Waals surface area contributed by atoms with Crippen molar-refractivity contribution in [2.45, 2.75) is 0 Å². The highest BCUT2D eigenvalue weighted by molar-refractivity contribution is 5.78. The lowest BCUT2D eigenvalue weighted by Crippen LogP contribution is -1.95. The summed E-state index contributed by atoms with van der Waals surface area (Å²) in [6.07, 6.45) is 1.95. The first-order valence-electron chi connectivity index (χ1n) is 4.74. The minimum atomic E-state index is -0.854. The molecule has 0 radical (unpaired) electrons. The Balaban J connectivity index is 2.34. The molecule has 1 heterocycles. The van der Waals surface area contributed by atoms with Crippen LogP contribution in [0, 0.1) is 11.6 Å². The highest BCUT2D eigenvalue weighted by Crippen LogP contribution is 2.25. The number of aromatic nitrogens is 1. The van der Waals surface area contributed by atoms with E-state index in [1.165, 1.54) is 12.3 Å². The van der Waals surface area contributed by atoms with Crippen molar-refractivity contribution in [3.63, 3.8) is 0 Å². The van der Waals surface area contributed by atoms with Crippen LogP contribution < -0.4 is 4.74 Å². The van der Waals surface area contributed by atoms with Crippen LogP contribution in [0.15, 0.2) is 36.5 Å². The third kappa shape index (κ3) is 2.44. The molecule has 3 nitrogen and oxygen atoms in total. The van der Waals surface area contributed by atoms with Gasteiger partial charge in [-0.05, 0) is 24.3 Å². The molecule has 1 aromatic heterocycles. The molecule has 0 spiro atoms. The molecule has 17 heavy (non-hydrogen) atoms. The molecule has 0 unspecified atom stereocenters. The summed E-state index contributed by atoms with van der Waals surface area (Å²) in [6.45, 7) is 0. The lowest BCUT2D eigenvalue weighted by molar-refractivity contribution is 0.112. The summed E-state index contributed by atoms with van der Waals surface area (Å²) in [6, 6.07) is 5.92. The quantitative estimate of drug-likeness (QED) is 0.768. The average Bonchev–Trinajstić information content (AvgIpc) is 2.33. The number of benzene rings is 1. The number of aldehydes is 1. The Kier molecular flexibility index (Phi) is 3.09. The molecule has 1 aromatic carbocycles. The Bertz CT molecular complexity index is 558. The molecule has 0 saturated heterocycles. The van der Waals surface area contributed by atoms with E-state index in [9.17, 15) is 13.6 Å². The number of hydrogen-bond acceptors (Lipinski definition) is 3. The minimum absolute atomic E-state index is 0.0204. The summed E-state index contributed by atoms with van der Waals surface area (Å²) in [4.78, 5) is 14.5. The van der Waals surface area contributed by atoms with E-state index < -0.39 is 11.6 Å². The van der Waals surface area contributed by atoms with E-state index in [0.29, 0.717) is 12.4 Å². The van der Waals surface area contributed by atoms with E-state index in [-0.39, 0.29) is 17.2 Å². The standard InChI is InChI=1S/C12H7F2NO2/c13-9-3-4-11(10(14)6-9)17-12-8(7-16)2-1-5-15-12/h1-7H. The molecule has 0 fully saturated rings. The van der Waals surface area contributed by atoms with Crippen molar-refractivity contribution < 1.29 is 18.3 Å². The van der Waals surface area contributed by atoms with Gasteiger partial charge in [-0.25, -0.2) is 13.8 Å². The molecule has 0 aliphatic carbocycles. The predicted molar refractivity (Wildman–Crippen MR) is 56.1 cm³/mol. The monoisotopic (exact) mass is 235 g/mol. The lowest BCUT2D eigenvalue weighted by atomic mass is 10.3. The normalized spacial score (nSPS) is 10.0. The van der Waals surface area contributed by atoms with Gasteiger partial charge in [0.05, 0.1) is 5.56 Å². The number of halogens is 2. The largest absolute Gasteiger partial charge is 0.435 e. The SMILES string of the molecule is O=Cc1cccnc1Oc1ccc(F)cc1F. The van der Waals surface area contributed by atoms with Gasteiger partial charge >= 0.3 is 0 Å². The zero-order valence-electron chi connectivity index (χ0n) is 8.56. The molecule has 2 aromatic rings. The van der Waals surface area contributed by atoms with Crippen LogP contribution in [0.4, 0.5) is 8.78 Å². The van der Waals surface area contributed by atoms with Gasteiger partial charge in [0.2, 0.25) is 5.88 Å². The van der Waals surface area contributed by atoms with E-state index >= 15 is 0 Å². The predicted octanol–water partition coefficient (Wildman–Crippen LogP) is 2.96. The lowest BCUT2D eigenvalue weighted by Gasteiger charge is -2.06. The number of carbonyl (C=O) groups is 1. The molecule has 0 N–H and O–H groups in total. The fourth-order valence-corrected chi connectivity index (χ4v) is 1.24. The van der Waals surface area contributed by atoms with Crippen LogP contribution in [-0.4, -0.2) is 11.3 Å². The van der Waals surface area contributed by atoms with Crippen molar-refractivity contribution in [1.82, 2.24) is 4.98 Å². The summed E-state index contributed by atoms with van der Waals surface area (Å²) < 4.78 is 31.1. The van der Waals surface area contributed by atoms with Crippen LogP contribution in [0.1, 0.15) is 10.4 Å². The highest BCUT2D eigenvalue weighted by Gasteiger charge is 2.09. The number of ether oxygens (including phenoxy) is 1. The van der Waals surface area contributed by atoms with Gasteiger partial charge in [-0.3, -0.25) is 4.79 Å². The molecule has 0 bridgehead atoms. The Morgan fingerprint density at radius 3 is 2.76 bits per heavy atom. The summed E-state index contributed by atoms with van der Waals surface area (Å²) in [5, 5.41) is 0. The number of hydrogen-bond donors (Lipinski definition) is 0. The van der Waals surface area contributed by atoms with Crippen LogP contribution in [0.25, 0.3) is 0 Å². The van der Waals surface area contributed by atoms with E-state index in [1.807, 2.05) is 0 Å². The summed E-state index contributed by atoms with van der Waals surface area (Å²) in [5.41, 5.74) is 0.191. The fraction of sp³-hybridized carbons (Fsp3) is 0. The van der Waals surface area contributed by atoms with Gasteiger partial charge in [0, 0.05) is 12.3 Å². The van der Waals surface area contributed by atoms with Crippen LogP contribution in [0.3, 0.4) is 0 Å². The van der Waals surface area contributed by atoms with Gasteiger partial charge in [-0.15, -0.1) is 0 Å². The Hall–Kier alpha value is -2.30. The molecule has 0 atom stereocenters. The molecular weight excluding hydrogens is 228 g/mol. The second-order valence-electron chi connectivity index (χ2n) is 3.19. The summed E-state index contributed by atoms with van der Waals surface area (Å²) in [7, 11) is 0. The number of nitrogens with zero attached hydrogens (tertiary/aromatic N) is 1. The Morgan fingerprint density at radius 2 is 2.06 bits per heavy atom. The van der Waals surface area contributed by atoms with Crippen molar-refractivity contribution >= 4 is 6.29 Å². The molecule has 0 saturated carbocycles. The third-order valence-electron chi connectivity index (χ3n) is 2.03. The molecular formula is C12H7F2NO2. The fourth-order valence-electron chi connectivity index (χ4n) is 1.24. The summed E-state index contributed by atoms with van der Waals surface area (Å²) in [5.74, 6) is -1.76. The molecule has 86 valence electrons. The maximum atomic E-state index is 13.3. The smallest absolute Gasteiger partial charge is 0.229 e. The van der Waals surface area contributed by atoms with Crippen molar-refractivity contribution in [2.24, 2.45) is 0 Å². The zero-order chi connectivity index (χ0) is 12.3. The van der Waals surface area contributed by atoms with Gasteiger partial charge in [0.1, 0.15) is 5.82 Å². The first-order valence-corrected chi connectivity index (χ1v) is 4.74. The van der Waals surface area contributed by atoms with Gasteiger partial charge in [0.15, 0.2) is 17.9 Å². The van der Waals surface area contributed by atoms with Crippen LogP contribution in [-0.2, 0) is 0 Å². The molecule has 0 aliphatic heterocycles. The number of pyridine rings is 1. The topological polar surface area (TPSA) is 39.2 Å². The molecule has 0 aliphatic rings. The van der Waals surface area contributed by atoms with Crippen molar-refractivity contribution in [3.8, 4) is 11.6 Å².